The molecule has 1 saturated carbocycles. The van der Waals surface area contributed by atoms with Crippen LogP contribution in [0.1, 0.15) is 62.0 Å². The highest BCUT2D eigenvalue weighted by Crippen LogP contribution is 2.40. The normalized spacial score (nSPS) is 25.8. The molecule has 6 heteroatoms. The lowest BCUT2D eigenvalue weighted by molar-refractivity contribution is -0.128. The first-order valence-electron chi connectivity index (χ1n) is 13.3. The Labute approximate surface area is 212 Å². The molecule has 1 N–H and O–H groups in total. The maximum atomic E-state index is 12.8. The second kappa shape index (κ2) is 9.98. The molecule has 0 spiro atoms. The average molecular weight is 489 g/mol. The number of rotatable bonds is 7. The van der Waals surface area contributed by atoms with Crippen LogP contribution in [0.3, 0.4) is 0 Å². The van der Waals surface area contributed by atoms with Gasteiger partial charge in [-0.05, 0) is 56.7 Å². The van der Waals surface area contributed by atoms with E-state index in [9.17, 15) is 4.79 Å². The molecule has 3 aliphatic rings. The Morgan fingerprint density at radius 1 is 1.03 bits per heavy atom. The topological polar surface area (TPSA) is 50.2 Å². The zero-order valence-corrected chi connectivity index (χ0v) is 21.4. The molecule has 3 heterocycles. The van der Waals surface area contributed by atoms with E-state index < -0.39 is 0 Å². The standard InChI is InChI=1S/C29H36N4OS/c1-20-30-27-12-5-6-13-28(27)33(20)23-16-24-18-35-19-25(17-23)32(24)15-14-26(21-8-3-2-4-9-21)31-29(34)22-10-7-11-22/h2-6,8-9,12-13,22-26H,7,10-11,14-19H2,1H3,(H,31,34)/t23?,24-,25+,26-/m0/s1. The van der Waals surface area contributed by atoms with Crippen LogP contribution in [0.4, 0.5) is 0 Å². The number of carbonyl (C=O) groups is 1. The van der Waals surface area contributed by atoms with Gasteiger partial charge >= 0.3 is 0 Å². The van der Waals surface area contributed by atoms with Crippen molar-refractivity contribution in [3.05, 3.63) is 66.0 Å². The molecular weight excluding hydrogens is 452 g/mol. The van der Waals surface area contributed by atoms with Gasteiger partial charge in [0.05, 0.1) is 17.1 Å². The maximum Gasteiger partial charge on any atom is 0.223 e. The van der Waals surface area contributed by atoms with Gasteiger partial charge in [-0.15, -0.1) is 0 Å². The molecule has 35 heavy (non-hydrogen) atoms. The van der Waals surface area contributed by atoms with E-state index in [1.807, 2.05) is 0 Å². The minimum atomic E-state index is 0.0928. The Morgan fingerprint density at radius 3 is 2.46 bits per heavy atom. The highest BCUT2D eigenvalue weighted by molar-refractivity contribution is 7.99. The van der Waals surface area contributed by atoms with Crippen LogP contribution in [0.5, 0.6) is 0 Å². The van der Waals surface area contributed by atoms with Gasteiger partial charge in [-0.2, -0.15) is 11.8 Å². The molecule has 0 radical (unpaired) electrons. The van der Waals surface area contributed by atoms with Crippen LogP contribution in [0.25, 0.3) is 11.0 Å². The summed E-state index contributed by atoms with van der Waals surface area (Å²) in [6.45, 7) is 3.20. The van der Waals surface area contributed by atoms with Gasteiger partial charge in [-0.1, -0.05) is 48.9 Å². The summed E-state index contributed by atoms with van der Waals surface area (Å²) in [5.41, 5.74) is 3.62. The van der Waals surface area contributed by atoms with Gasteiger partial charge in [0.1, 0.15) is 5.82 Å². The molecule has 1 amide bonds. The largest absolute Gasteiger partial charge is 0.349 e. The van der Waals surface area contributed by atoms with Gasteiger partial charge < -0.3 is 9.88 Å². The third kappa shape index (κ3) is 4.63. The fourth-order valence-corrected chi connectivity index (χ4v) is 7.74. The predicted molar refractivity (Wildman–Crippen MR) is 144 cm³/mol. The van der Waals surface area contributed by atoms with Crippen LogP contribution in [0, 0.1) is 12.8 Å². The molecule has 2 aliphatic heterocycles. The number of amides is 1. The quantitative estimate of drug-likeness (QED) is 0.476. The first-order chi connectivity index (χ1) is 17.2. The maximum absolute atomic E-state index is 12.8. The van der Waals surface area contributed by atoms with Crippen molar-refractivity contribution in [2.24, 2.45) is 5.92 Å². The van der Waals surface area contributed by atoms with Crippen LogP contribution in [0.15, 0.2) is 54.6 Å². The average Bonchev–Trinajstić information content (AvgIpc) is 3.16. The van der Waals surface area contributed by atoms with Crippen molar-refractivity contribution in [3.8, 4) is 0 Å². The molecule has 3 fully saturated rings. The highest BCUT2D eigenvalue weighted by Gasteiger charge is 2.40. The van der Waals surface area contributed by atoms with Crippen LogP contribution in [-0.2, 0) is 4.79 Å². The van der Waals surface area contributed by atoms with Crippen molar-refractivity contribution in [3.63, 3.8) is 0 Å². The zero-order chi connectivity index (χ0) is 23.8. The minimum Gasteiger partial charge on any atom is -0.349 e. The monoisotopic (exact) mass is 488 g/mol. The Hall–Kier alpha value is -2.31. The Morgan fingerprint density at radius 2 is 1.74 bits per heavy atom. The number of aryl methyl sites for hydroxylation is 1. The molecule has 184 valence electrons. The summed E-state index contributed by atoms with van der Waals surface area (Å²) in [6, 6.07) is 20.9. The number of nitrogens with one attached hydrogen (secondary N) is 1. The number of nitrogens with zero attached hydrogens (tertiary/aromatic N) is 3. The number of hydrogen-bond acceptors (Lipinski definition) is 4. The van der Waals surface area contributed by atoms with E-state index in [0.29, 0.717) is 18.1 Å². The van der Waals surface area contributed by atoms with E-state index >= 15 is 0 Å². The third-order valence-corrected chi connectivity index (χ3v) is 9.70. The molecule has 1 aromatic heterocycles. The van der Waals surface area contributed by atoms with E-state index in [-0.39, 0.29) is 17.9 Å². The summed E-state index contributed by atoms with van der Waals surface area (Å²) >= 11 is 2.12. The van der Waals surface area contributed by atoms with Crippen LogP contribution < -0.4 is 5.32 Å². The van der Waals surface area contributed by atoms with Crippen molar-refractivity contribution in [2.75, 3.05) is 18.1 Å². The summed E-state index contributed by atoms with van der Waals surface area (Å²) in [4.78, 5) is 20.5. The number of hydrogen-bond donors (Lipinski definition) is 1. The van der Waals surface area contributed by atoms with Gasteiger partial charge in [0.15, 0.2) is 0 Å². The molecular formula is C29H36N4OS. The van der Waals surface area contributed by atoms with E-state index in [1.54, 1.807) is 0 Å². The lowest BCUT2D eigenvalue weighted by Crippen LogP contribution is -2.55. The van der Waals surface area contributed by atoms with Gasteiger partial charge in [0.25, 0.3) is 0 Å². The summed E-state index contributed by atoms with van der Waals surface area (Å²) in [6.07, 6.45) is 6.60. The highest BCUT2D eigenvalue weighted by atomic mass is 32.2. The van der Waals surface area contributed by atoms with Crippen molar-refractivity contribution in [1.82, 2.24) is 19.8 Å². The van der Waals surface area contributed by atoms with E-state index in [4.69, 9.17) is 4.98 Å². The predicted octanol–water partition coefficient (Wildman–Crippen LogP) is 5.51. The summed E-state index contributed by atoms with van der Waals surface area (Å²) in [7, 11) is 0. The lowest BCUT2D eigenvalue weighted by atomic mass is 9.84. The fourth-order valence-electron chi connectivity index (χ4n) is 6.41. The first-order valence-corrected chi connectivity index (χ1v) is 14.4. The fraction of sp³-hybridized carbons (Fsp3) is 0.517. The third-order valence-electron chi connectivity index (χ3n) is 8.45. The number of imidazole rings is 1. The van der Waals surface area contributed by atoms with Gasteiger partial charge in [0.2, 0.25) is 5.91 Å². The van der Waals surface area contributed by atoms with Crippen LogP contribution in [-0.4, -0.2) is 50.5 Å². The molecule has 1 aliphatic carbocycles. The Balaban J connectivity index is 1.17. The molecule has 2 saturated heterocycles. The number of aromatic nitrogens is 2. The van der Waals surface area contributed by atoms with E-state index in [0.717, 1.165) is 37.1 Å². The van der Waals surface area contributed by atoms with Crippen LogP contribution in [0.2, 0.25) is 0 Å². The molecule has 1 unspecified atom stereocenters. The minimum absolute atomic E-state index is 0.0928. The van der Waals surface area contributed by atoms with E-state index in [1.165, 1.54) is 41.8 Å². The molecule has 3 aromatic rings. The Bertz CT molecular complexity index is 1160. The van der Waals surface area contributed by atoms with Gasteiger partial charge in [0, 0.05) is 42.1 Å². The molecule has 6 rings (SSSR count). The van der Waals surface area contributed by atoms with Crippen LogP contribution >= 0.6 is 11.8 Å². The van der Waals surface area contributed by atoms with Gasteiger partial charge in [-0.25, -0.2) is 4.98 Å². The zero-order valence-electron chi connectivity index (χ0n) is 20.6. The van der Waals surface area contributed by atoms with Gasteiger partial charge in [-0.3, -0.25) is 9.69 Å². The number of piperidine rings is 1. The van der Waals surface area contributed by atoms with Crippen molar-refractivity contribution in [2.45, 2.75) is 69.6 Å². The summed E-state index contributed by atoms with van der Waals surface area (Å²) in [5, 5.41) is 3.42. The van der Waals surface area contributed by atoms with Crippen molar-refractivity contribution >= 4 is 28.7 Å². The number of para-hydroxylation sites is 2. The lowest BCUT2D eigenvalue weighted by Gasteiger charge is -2.49. The summed E-state index contributed by atoms with van der Waals surface area (Å²) < 4.78 is 2.51. The number of fused-ring (bicyclic) bond motifs is 3. The molecule has 5 nitrogen and oxygen atoms in total. The smallest absolute Gasteiger partial charge is 0.223 e. The first kappa shape index (κ1) is 23.1. The second-order valence-electron chi connectivity index (χ2n) is 10.6. The second-order valence-corrected chi connectivity index (χ2v) is 11.7. The molecule has 2 bridgehead atoms. The number of carbonyl (C=O) groups excluding carboxylic acids is 1. The van der Waals surface area contributed by atoms with Crippen molar-refractivity contribution < 1.29 is 4.79 Å². The number of benzene rings is 2. The molecule has 2 aromatic carbocycles. The van der Waals surface area contributed by atoms with E-state index in [2.05, 4.69) is 88.1 Å². The molecule has 4 atom stereocenters. The Kier molecular flexibility index (Phi) is 6.59. The SMILES string of the molecule is Cc1nc2ccccc2n1C1C[C@H]2CSC[C@@H](C1)N2CC[C@H](NC(=O)C1CCC1)c1ccccc1. The number of thioether (sulfide) groups is 1. The summed E-state index contributed by atoms with van der Waals surface area (Å²) in [5.74, 6) is 4.01. The van der Waals surface area contributed by atoms with Crippen molar-refractivity contribution in [1.29, 1.82) is 0 Å².